The number of hydrogen-bond acceptors (Lipinski definition) is 6. The standard InChI is InChI=1S/C12H17N5O/c1-4-17(5-2)12-15-10(9-6-7-18-8-9)14-11(13-3)16-12/h6-8H,4-5H2,1-3H3,(H,13,14,15,16). The van der Waals surface area contributed by atoms with Crippen molar-refractivity contribution in [2.45, 2.75) is 13.8 Å². The van der Waals surface area contributed by atoms with Gasteiger partial charge in [0.2, 0.25) is 11.9 Å². The highest BCUT2D eigenvalue weighted by atomic mass is 16.3. The van der Waals surface area contributed by atoms with Gasteiger partial charge >= 0.3 is 0 Å². The molecule has 0 spiro atoms. The maximum absolute atomic E-state index is 5.06. The first kappa shape index (κ1) is 12.3. The van der Waals surface area contributed by atoms with Crippen LogP contribution in [0.3, 0.4) is 0 Å². The molecule has 1 N–H and O–H groups in total. The Morgan fingerprint density at radius 2 is 2.00 bits per heavy atom. The van der Waals surface area contributed by atoms with Gasteiger partial charge in [-0.3, -0.25) is 0 Å². The van der Waals surface area contributed by atoms with Gasteiger partial charge in [-0.05, 0) is 19.9 Å². The fourth-order valence-electron chi connectivity index (χ4n) is 1.65. The van der Waals surface area contributed by atoms with E-state index in [4.69, 9.17) is 4.42 Å². The van der Waals surface area contributed by atoms with Crippen LogP contribution in [-0.4, -0.2) is 35.1 Å². The molecular weight excluding hydrogens is 230 g/mol. The van der Waals surface area contributed by atoms with E-state index >= 15 is 0 Å². The molecule has 6 heteroatoms. The molecule has 0 atom stereocenters. The lowest BCUT2D eigenvalue weighted by Gasteiger charge is -2.19. The predicted octanol–water partition coefficient (Wildman–Crippen LogP) is 2.02. The summed E-state index contributed by atoms with van der Waals surface area (Å²) in [6, 6.07) is 1.83. The van der Waals surface area contributed by atoms with Crippen molar-refractivity contribution in [3.63, 3.8) is 0 Å². The average Bonchev–Trinajstić information content (AvgIpc) is 2.94. The molecule has 0 aliphatic heterocycles. The van der Waals surface area contributed by atoms with Crippen LogP contribution in [0.5, 0.6) is 0 Å². The molecule has 0 saturated heterocycles. The molecule has 2 aromatic heterocycles. The molecule has 0 fully saturated rings. The Morgan fingerprint density at radius 3 is 2.56 bits per heavy atom. The van der Waals surface area contributed by atoms with Gasteiger partial charge in [0.05, 0.1) is 11.8 Å². The lowest BCUT2D eigenvalue weighted by molar-refractivity contribution is 0.568. The monoisotopic (exact) mass is 247 g/mol. The van der Waals surface area contributed by atoms with Crippen molar-refractivity contribution in [2.24, 2.45) is 0 Å². The third-order valence-electron chi connectivity index (χ3n) is 2.67. The number of hydrogen-bond donors (Lipinski definition) is 1. The summed E-state index contributed by atoms with van der Waals surface area (Å²) in [7, 11) is 1.79. The van der Waals surface area contributed by atoms with Crippen LogP contribution in [0.2, 0.25) is 0 Å². The van der Waals surface area contributed by atoms with Crippen molar-refractivity contribution >= 4 is 11.9 Å². The molecule has 6 nitrogen and oxygen atoms in total. The number of aromatic nitrogens is 3. The van der Waals surface area contributed by atoms with Gasteiger partial charge in [-0.25, -0.2) is 0 Å². The van der Waals surface area contributed by atoms with Gasteiger partial charge in [-0.15, -0.1) is 0 Å². The fraction of sp³-hybridized carbons (Fsp3) is 0.417. The van der Waals surface area contributed by atoms with E-state index in [1.165, 1.54) is 0 Å². The molecule has 18 heavy (non-hydrogen) atoms. The minimum Gasteiger partial charge on any atom is -0.472 e. The van der Waals surface area contributed by atoms with Gasteiger partial charge in [0.15, 0.2) is 5.82 Å². The molecule has 0 aliphatic rings. The summed E-state index contributed by atoms with van der Waals surface area (Å²) in [5.74, 6) is 1.85. The molecular formula is C12H17N5O. The molecule has 0 aromatic carbocycles. The number of nitrogens with zero attached hydrogens (tertiary/aromatic N) is 4. The zero-order valence-electron chi connectivity index (χ0n) is 10.8. The van der Waals surface area contributed by atoms with Crippen molar-refractivity contribution in [1.82, 2.24) is 15.0 Å². The Balaban J connectivity index is 2.45. The highest BCUT2D eigenvalue weighted by molar-refractivity contribution is 5.56. The van der Waals surface area contributed by atoms with Gasteiger partial charge in [0.1, 0.15) is 6.26 Å². The van der Waals surface area contributed by atoms with E-state index in [1.54, 1.807) is 19.6 Å². The van der Waals surface area contributed by atoms with Crippen molar-refractivity contribution in [1.29, 1.82) is 0 Å². The zero-order valence-corrected chi connectivity index (χ0v) is 10.8. The molecule has 2 aromatic rings. The second kappa shape index (κ2) is 5.48. The SMILES string of the molecule is CCN(CC)c1nc(NC)nc(-c2ccoc2)n1. The first-order valence-electron chi connectivity index (χ1n) is 5.99. The van der Waals surface area contributed by atoms with Gasteiger partial charge < -0.3 is 14.6 Å². The maximum Gasteiger partial charge on any atom is 0.230 e. The van der Waals surface area contributed by atoms with Gasteiger partial charge in [0, 0.05) is 20.1 Å². The van der Waals surface area contributed by atoms with Crippen molar-refractivity contribution in [3.8, 4) is 11.4 Å². The summed E-state index contributed by atoms with van der Waals surface area (Å²) >= 11 is 0. The van der Waals surface area contributed by atoms with E-state index in [0.29, 0.717) is 17.7 Å². The second-order valence-electron chi connectivity index (χ2n) is 3.72. The zero-order chi connectivity index (χ0) is 13.0. The molecule has 0 amide bonds. The molecule has 0 unspecified atom stereocenters. The van der Waals surface area contributed by atoms with E-state index in [2.05, 4.69) is 39.0 Å². The molecule has 2 heterocycles. The van der Waals surface area contributed by atoms with E-state index in [0.717, 1.165) is 18.7 Å². The van der Waals surface area contributed by atoms with Gasteiger partial charge in [-0.2, -0.15) is 15.0 Å². The molecule has 0 radical (unpaired) electrons. The largest absolute Gasteiger partial charge is 0.472 e. The minimum atomic E-state index is 0.558. The van der Waals surface area contributed by atoms with Crippen LogP contribution in [0.25, 0.3) is 11.4 Å². The third-order valence-corrected chi connectivity index (χ3v) is 2.67. The summed E-state index contributed by atoms with van der Waals surface area (Å²) < 4.78 is 5.06. The summed E-state index contributed by atoms with van der Waals surface area (Å²) in [4.78, 5) is 15.2. The summed E-state index contributed by atoms with van der Waals surface area (Å²) in [5, 5.41) is 2.95. The van der Waals surface area contributed by atoms with E-state index < -0.39 is 0 Å². The number of anilines is 2. The number of nitrogens with one attached hydrogen (secondary N) is 1. The van der Waals surface area contributed by atoms with E-state index in [9.17, 15) is 0 Å². The van der Waals surface area contributed by atoms with Crippen molar-refractivity contribution < 1.29 is 4.42 Å². The third kappa shape index (κ3) is 2.42. The highest BCUT2D eigenvalue weighted by Gasteiger charge is 2.12. The first-order valence-corrected chi connectivity index (χ1v) is 5.99. The number of furan rings is 1. The Hall–Kier alpha value is -2.11. The van der Waals surface area contributed by atoms with Crippen LogP contribution >= 0.6 is 0 Å². The van der Waals surface area contributed by atoms with E-state index in [-0.39, 0.29) is 0 Å². The van der Waals surface area contributed by atoms with Crippen LogP contribution < -0.4 is 10.2 Å². The Kier molecular flexibility index (Phi) is 3.76. The Bertz CT molecular complexity index is 493. The topological polar surface area (TPSA) is 67.1 Å². The van der Waals surface area contributed by atoms with Crippen LogP contribution in [-0.2, 0) is 0 Å². The second-order valence-corrected chi connectivity index (χ2v) is 3.72. The molecule has 0 aliphatic carbocycles. The van der Waals surface area contributed by atoms with Crippen LogP contribution in [0.1, 0.15) is 13.8 Å². The van der Waals surface area contributed by atoms with Crippen molar-refractivity contribution in [2.75, 3.05) is 30.4 Å². The predicted molar refractivity (Wildman–Crippen MR) is 70.6 cm³/mol. The lowest BCUT2D eigenvalue weighted by atomic mass is 10.3. The maximum atomic E-state index is 5.06. The highest BCUT2D eigenvalue weighted by Crippen LogP contribution is 2.19. The summed E-state index contributed by atoms with van der Waals surface area (Å²) in [6.07, 6.45) is 3.23. The lowest BCUT2D eigenvalue weighted by Crippen LogP contribution is -2.25. The fourth-order valence-corrected chi connectivity index (χ4v) is 1.65. The quantitative estimate of drug-likeness (QED) is 0.871. The Morgan fingerprint density at radius 1 is 1.22 bits per heavy atom. The van der Waals surface area contributed by atoms with Crippen LogP contribution in [0.15, 0.2) is 23.0 Å². The molecule has 0 saturated carbocycles. The number of rotatable bonds is 5. The summed E-state index contributed by atoms with van der Waals surface area (Å²) in [6.45, 7) is 5.86. The Labute approximate surface area is 106 Å². The molecule has 0 bridgehead atoms. The van der Waals surface area contributed by atoms with Crippen LogP contribution in [0.4, 0.5) is 11.9 Å². The van der Waals surface area contributed by atoms with E-state index in [1.807, 2.05) is 6.07 Å². The van der Waals surface area contributed by atoms with Crippen LogP contribution in [0, 0.1) is 0 Å². The normalized spacial score (nSPS) is 10.4. The first-order chi connectivity index (χ1) is 8.78. The average molecular weight is 247 g/mol. The smallest absolute Gasteiger partial charge is 0.230 e. The summed E-state index contributed by atoms with van der Waals surface area (Å²) in [5.41, 5.74) is 0.849. The van der Waals surface area contributed by atoms with Crippen molar-refractivity contribution in [3.05, 3.63) is 18.6 Å². The molecule has 2 rings (SSSR count). The van der Waals surface area contributed by atoms with Gasteiger partial charge in [-0.1, -0.05) is 0 Å². The van der Waals surface area contributed by atoms with Gasteiger partial charge in [0.25, 0.3) is 0 Å². The minimum absolute atomic E-state index is 0.558. The molecule has 96 valence electrons.